The van der Waals surface area contributed by atoms with Gasteiger partial charge in [0.05, 0.1) is 6.42 Å². The predicted molar refractivity (Wildman–Crippen MR) is 49.8 cm³/mol. The van der Waals surface area contributed by atoms with E-state index < -0.39 is 6.11 Å². The Kier molecular flexibility index (Phi) is 1.98. The lowest BCUT2D eigenvalue weighted by Gasteiger charge is -2.08. The number of ether oxygens (including phenoxy) is 1. The zero-order valence-corrected chi connectivity index (χ0v) is 8.18. The van der Waals surface area contributed by atoms with Crippen LogP contribution < -0.4 is 4.74 Å². The lowest BCUT2D eigenvalue weighted by Crippen LogP contribution is -2.20. The summed E-state index contributed by atoms with van der Waals surface area (Å²) in [5.74, 6) is 0.587. The number of rotatable bonds is 1. The van der Waals surface area contributed by atoms with Gasteiger partial charge < -0.3 is 4.74 Å². The van der Waals surface area contributed by atoms with Gasteiger partial charge in [-0.05, 0) is 17.5 Å². The van der Waals surface area contributed by atoms with Crippen molar-refractivity contribution < 1.29 is 13.5 Å². The molecule has 14 heavy (non-hydrogen) atoms. The second kappa shape index (κ2) is 2.94. The van der Waals surface area contributed by atoms with E-state index in [9.17, 15) is 8.78 Å². The maximum Gasteiger partial charge on any atom is 0.402 e. The molecule has 0 saturated heterocycles. The molecule has 0 amide bonds. The average Bonchev–Trinajstić information content (AvgIpc) is 2.36. The van der Waals surface area contributed by atoms with E-state index in [1.807, 2.05) is 19.9 Å². The van der Waals surface area contributed by atoms with Crippen molar-refractivity contribution in [3.05, 3.63) is 29.3 Å². The molecule has 0 atom stereocenters. The van der Waals surface area contributed by atoms with Crippen molar-refractivity contribution in [3.63, 3.8) is 0 Å². The van der Waals surface area contributed by atoms with Crippen molar-refractivity contribution in [1.29, 1.82) is 0 Å². The molecule has 0 radical (unpaired) electrons. The lowest BCUT2D eigenvalue weighted by atomic mass is 9.95. The molecule has 3 heteroatoms. The summed E-state index contributed by atoms with van der Waals surface area (Å²) in [6, 6.07) is 5.24. The van der Waals surface area contributed by atoms with Crippen LogP contribution in [0.4, 0.5) is 8.78 Å². The summed E-state index contributed by atoms with van der Waals surface area (Å²) in [6.45, 7) is 3.98. The number of halogens is 2. The van der Waals surface area contributed by atoms with Crippen LogP contribution in [0.3, 0.4) is 0 Å². The minimum atomic E-state index is -3.02. The second-order valence-electron chi connectivity index (χ2n) is 3.89. The quantitative estimate of drug-likeness (QED) is 0.672. The smallest absolute Gasteiger partial charge is 0.402 e. The molecule has 1 heterocycles. The van der Waals surface area contributed by atoms with Crippen LogP contribution >= 0.6 is 0 Å². The van der Waals surface area contributed by atoms with Crippen molar-refractivity contribution >= 4 is 0 Å². The zero-order valence-electron chi connectivity index (χ0n) is 8.18. The normalized spacial score (nSPS) is 18.1. The van der Waals surface area contributed by atoms with Gasteiger partial charge in [-0.1, -0.05) is 26.0 Å². The maximum absolute atomic E-state index is 13.0. The summed E-state index contributed by atoms with van der Waals surface area (Å²) in [4.78, 5) is 0. The first-order valence-corrected chi connectivity index (χ1v) is 4.68. The van der Waals surface area contributed by atoms with Gasteiger partial charge in [0, 0.05) is 5.56 Å². The molecule has 1 aliphatic heterocycles. The molecular formula is C11H12F2O. The van der Waals surface area contributed by atoms with Crippen molar-refractivity contribution in [3.8, 4) is 5.75 Å². The lowest BCUT2D eigenvalue weighted by molar-refractivity contribution is -0.159. The van der Waals surface area contributed by atoms with Crippen LogP contribution in [0.5, 0.6) is 5.75 Å². The van der Waals surface area contributed by atoms with E-state index >= 15 is 0 Å². The number of fused-ring (bicyclic) bond motifs is 1. The molecule has 0 N–H and O–H groups in total. The highest BCUT2D eigenvalue weighted by atomic mass is 19.3. The molecule has 0 saturated carbocycles. The summed E-state index contributed by atoms with van der Waals surface area (Å²) in [5.41, 5.74) is 1.62. The first-order valence-electron chi connectivity index (χ1n) is 4.68. The SMILES string of the molecule is CC(C)c1cccc2c1CC(F)(F)O2. The highest BCUT2D eigenvalue weighted by molar-refractivity contribution is 5.45. The first kappa shape index (κ1) is 9.44. The summed E-state index contributed by atoms with van der Waals surface area (Å²) < 4.78 is 30.5. The number of benzene rings is 1. The van der Waals surface area contributed by atoms with E-state index in [-0.39, 0.29) is 12.3 Å². The molecule has 2 rings (SSSR count). The van der Waals surface area contributed by atoms with Gasteiger partial charge in [0.15, 0.2) is 0 Å². The van der Waals surface area contributed by atoms with E-state index in [0.29, 0.717) is 11.3 Å². The van der Waals surface area contributed by atoms with Gasteiger partial charge in [0.2, 0.25) is 0 Å². The minimum Gasteiger partial charge on any atom is -0.432 e. The summed E-state index contributed by atoms with van der Waals surface area (Å²) in [5, 5.41) is 0. The van der Waals surface area contributed by atoms with Gasteiger partial charge in [0.25, 0.3) is 0 Å². The molecule has 0 bridgehead atoms. The molecule has 1 aromatic carbocycles. The first-order chi connectivity index (χ1) is 6.49. The molecule has 0 aliphatic carbocycles. The summed E-state index contributed by atoms with van der Waals surface area (Å²) >= 11 is 0. The molecule has 0 spiro atoms. The number of hydrogen-bond donors (Lipinski definition) is 0. The molecule has 0 unspecified atom stereocenters. The van der Waals surface area contributed by atoms with Gasteiger partial charge in [0.1, 0.15) is 5.75 Å². The molecular weight excluding hydrogens is 186 g/mol. The number of hydrogen-bond acceptors (Lipinski definition) is 1. The molecule has 76 valence electrons. The molecule has 0 aromatic heterocycles. The van der Waals surface area contributed by atoms with E-state index in [1.165, 1.54) is 0 Å². The molecule has 1 nitrogen and oxygen atoms in total. The van der Waals surface area contributed by atoms with Crippen LogP contribution in [-0.4, -0.2) is 6.11 Å². The van der Waals surface area contributed by atoms with Crippen molar-refractivity contribution in [2.45, 2.75) is 32.3 Å². The average molecular weight is 198 g/mol. The van der Waals surface area contributed by atoms with Crippen LogP contribution in [0.2, 0.25) is 0 Å². The fourth-order valence-electron chi connectivity index (χ4n) is 1.81. The summed E-state index contributed by atoms with van der Waals surface area (Å²) in [6.07, 6.45) is -3.32. The Balaban J connectivity index is 2.46. The largest absolute Gasteiger partial charge is 0.432 e. The predicted octanol–water partition coefficient (Wildman–Crippen LogP) is 3.34. The van der Waals surface area contributed by atoms with E-state index in [0.717, 1.165) is 5.56 Å². The van der Waals surface area contributed by atoms with Crippen LogP contribution in [0.25, 0.3) is 0 Å². The van der Waals surface area contributed by atoms with Gasteiger partial charge in [-0.3, -0.25) is 0 Å². The minimum absolute atomic E-state index is 0.252. The van der Waals surface area contributed by atoms with E-state index in [4.69, 9.17) is 0 Å². The second-order valence-corrected chi connectivity index (χ2v) is 3.89. The van der Waals surface area contributed by atoms with Crippen molar-refractivity contribution in [2.24, 2.45) is 0 Å². The zero-order chi connectivity index (χ0) is 10.3. The monoisotopic (exact) mass is 198 g/mol. The van der Waals surface area contributed by atoms with Crippen molar-refractivity contribution in [1.82, 2.24) is 0 Å². The van der Waals surface area contributed by atoms with Crippen LogP contribution in [0.1, 0.15) is 30.9 Å². The fraction of sp³-hybridized carbons (Fsp3) is 0.455. The molecule has 0 fully saturated rings. The molecule has 1 aromatic rings. The Morgan fingerprint density at radius 3 is 2.71 bits per heavy atom. The maximum atomic E-state index is 13.0. The standard InChI is InChI=1S/C11H12F2O/c1-7(2)8-4-3-5-10-9(8)6-11(12,13)14-10/h3-5,7H,6H2,1-2H3. The van der Waals surface area contributed by atoms with Crippen LogP contribution in [0.15, 0.2) is 18.2 Å². The van der Waals surface area contributed by atoms with E-state index in [2.05, 4.69) is 4.74 Å². The Morgan fingerprint density at radius 1 is 1.36 bits per heavy atom. The van der Waals surface area contributed by atoms with Crippen molar-refractivity contribution in [2.75, 3.05) is 0 Å². The molecule has 1 aliphatic rings. The Morgan fingerprint density at radius 2 is 2.07 bits per heavy atom. The summed E-state index contributed by atoms with van der Waals surface area (Å²) in [7, 11) is 0. The Bertz CT molecular complexity index is 358. The highest BCUT2D eigenvalue weighted by Crippen LogP contribution is 2.40. The topological polar surface area (TPSA) is 9.23 Å². The Labute approximate surface area is 81.7 Å². The third-order valence-electron chi connectivity index (χ3n) is 2.43. The van der Waals surface area contributed by atoms with Gasteiger partial charge >= 0.3 is 6.11 Å². The van der Waals surface area contributed by atoms with Gasteiger partial charge in [-0.15, -0.1) is 0 Å². The van der Waals surface area contributed by atoms with Gasteiger partial charge in [-0.25, -0.2) is 0 Å². The highest BCUT2D eigenvalue weighted by Gasteiger charge is 2.40. The third kappa shape index (κ3) is 1.47. The van der Waals surface area contributed by atoms with Crippen LogP contribution in [-0.2, 0) is 6.42 Å². The fourth-order valence-corrected chi connectivity index (χ4v) is 1.81. The number of alkyl halides is 2. The van der Waals surface area contributed by atoms with Gasteiger partial charge in [-0.2, -0.15) is 8.78 Å². The van der Waals surface area contributed by atoms with Crippen LogP contribution in [0, 0.1) is 0 Å². The third-order valence-corrected chi connectivity index (χ3v) is 2.43. The Hall–Kier alpha value is -1.12. The van der Waals surface area contributed by atoms with E-state index in [1.54, 1.807) is 12.1 Å².